The molecule has 3 nitrogen and oxygen atoms in total. The first kappa shape index (κ1) is 12.6. The number of benzene rings is 1. The second-order valence-electron chi connectivity index (χ2n) is 3.81. The smallest absolute Gasteiger partial charge is 0.347 e. The molecule has 0 aromatic heterocycles. The van der Waals surface area contributed by atoms with Gasteiger partial charge in [-0.15, -0.1) is 0 Å². The zero-order chi connectivity index (χ0) is 13.4. The Hall–Kier alpha value is -1.82. The van der Waals surface area contributed by atoms with Gasteiger partial charge < -0.3 is 10.1 Å². The molecule has 1 aliphatic rings. The van der Waals surface area contributed by atoms with Gasteiger partial charge in [0.05, 0.1) is 5.57 Å². The minimum Gasteiger partial charge on any atom is -0.347 e. The van der Waals surface area contributed by atoms with Crippen molar-refractivity contribution in [3.05, 3.63) is 35.4 Å². The summed E-state index contributed by atoms with van der Waals surface area (Å²) in [6.45, 7) is 0. The van der Waals surface area contributed by atoms with Crippen LogP contribution in [0, 0.1) is 0 Å². The highest BCUT2D eigenvalue weighted by atomic mass is 19.4. The summed E-state index contributed by atoms with van der Waals surface area (Å²) < 4.78 is 44.0. The molecule has 2 rings (SSSR count). The van der Waals surface area contributed by atoms with Gasteiger partial charge in [-0.1, -0.05) is 18.2 Å². The molecule has 0 saturated heterocycles. The van der Waals surface area contributed by atoms with Crippen LogP contribution in [0.15, 0.2) is 29.8 Å². The predicted molar refractivity (Wildman–Crippen MR) is 59.9 cm³/mol. The van der Waals surface area contributed by atoms with Crippen LogP contribution in [0.1, 0.15) is 5.56 Å². The normalized spacial score (nSPS) is 22.8. The second kappa shape index (κ2) is 4.13. The van der Waals surface area contributed by atoms with Gasteiger partial charge in [-0.3, -0.25) is 4.79 Å². The molecule has 0 saturated carbocycles. The number of aldehydes is 1. The number of halogens is 3. The van der Waals surface area contributed by atoms with Gasteiger partial charge in [-0.2, -0.15) is 13.2 Å². The Morgan fingerprint density at radius 1 is 1.33 bits per heavy atom. The van der Waals surface area contributed by atoms with Crippen molar-refractivity contribution in [2.75, 3.05) is 12.4 Å². The fourth-order valence-electron chi connectivity index (χ4n) is 1.90. The van der Waals surface area contributed by atoms with Crippen LogP contribution in [-0.4, -0.2) is 25.3 Å². The van der Waals surface area contributed by atoms with Crippen molar-refractivity contribution in [1.82, 2.24) is 0 Å². The highest BCUT2D eigenvalue weighted by Gasteiger charge is 2.59. The molecule has 1 atom stereocenters. The number of rotatable bonds is 2. The summed E-state index contributed by atoms with van der Waals surface area (Å²) in [6.07, 6.45) is -3.42. The molecule has 0 bridgehead atoms. The molecule has 0 aliphatic carbocycles. The fourth-order valence-corrected chi connectivity index (χ4v) is 1.90. The van der Waals surface area contributed by atoms with Crippen molar-refractivity contribution in [1.29, 1.82) is 0 Å². The zero-order valence-corrected chi connectivity index (χ0v) is 9.41. The summed E-state index contributed by atoms with van der Waals surface area (Å²) in [7, 11) is 0.908. The van der Waals surface area contributed by atoms with Gasteiger partial charge in [0, 0.05) is 12.8 Å². The summed E-state index contributed by atoms with van der Waals surface area (Å²) in [5, 5.41) is 2.25. The Morgan fingerprint density at radius 2 is 2.00 bits per heavy atom. The third-order valence-corrected chi connectivity index (χ3v) is 2.82. The zero-order valence-electron chi connectivity index (χ0n) is 9.41. The number of para-hydroxylation sites is 1. The molecular weight excluding hydrogens is 247 g/mol. The second-order valence-corrected chi connectivity index (χ2v) is 3.81. The molecule has 0 amide bonds. The van der Waals surface area contributed by atoms with Crippen LogP contribution in [0.25, 0.3) is 6.08 Å². The average Bonchev–Trinajstić information content (AvgIpc) is 2.35. The number of methoxy groups -OCH3 is 1. The molecule has 1 heterocycles. The minimum atomic E-state index is -4.75. The maximum absolute atomic E-state index is 13.1. The van der Waals surface area contributed by atoms with Crippen molar-refractivity contribution in [2.45, 2.75) is 11.9 Å². The molecule has 1 unspecified atom stereocenters. The van der Waals surface area contributed by atoms with Crippen molar-refractivity contribution in [2.24, 2.45) is 0 Å². The Balaban J connectivity index is 2.62. The van der Waals surface area contributed by atoms with E-state index in [1.807, 2.05) is 0 Å². The van der Waals surface area contributed by atoms with Crippen LogP contribution in [0.2, 0.25) is 0 Å². The van der Waals surface area contributed by atoms with Crippen molar-refractivity contribution >= 4 is 18.0 Å². The molecule has 6 heteroatoms. The molecule has 0 fully saturated rings. The van der Waals surface area contributed by atoms with E-state index < -0.39 is 17.5 Å². The van der Waals surface area contributed by atoms with E-state index in [1.54, 1.807) is 18.2 Å². The fraction of sp³-hybridized carbons (Fsp3) is 0.250. The van der Waals surface area contributed by atoms with E-state index in [2.05, 4.69) is 10.1 Å². The molecular formula is C12H10F3NO2. The number of hydrogen-bond donors (Lipinski definition) is 1. The van der Waals surface area contributed by atoms with E-state index in [9.17, 15) is 18.0 Å². The van der Waals surface area contributed by atoms with Crippen LogP contribution < -0.4 is 5.32 Å². The third kappa shape index (κ3) is 1.69. The van der Waals surface area contributed by atoms with Crippen LogP contribution >= 0.6 is 0 Å². The quantitative estimate of drug-likeness (QED) is 0.827. The highest BCUT2D eigenvalue weighted by molar-refractivity contribution is 5.91. The van der Waals surface area contributed by atoms with E-state index in [0.717, 1.165) is 7.11 Å². The lowest BCUT2D eigenvalue weighted by atomic mass is 9.94. The number of carbonyl (C=O) groups is 1. The largest absolute Gasteiger partial charge is 0.441 e. The summed E-state index contributed by atoms with van der Waals surface area (Å²) in [4.78, 5) is 10.9. The molecule has 1 N–H and O–H groups in total. The Morgan fingerprint density at radius 3 is 2.56 bits per heavy atom. The van der Waals surface area contributed by atoms with Crippen molar-refractivity contribution < 1.29 is 22.7 Å². The Kier molecular flexibility index (Phi) is 2.90. The summed E-state index contributed by atoms with van der Waals surface area (Å²) in [5.74, 6) is 0. The van der Waals surface area contributed by atoms with Gasteiger partial charge in [0.1, 0.15) is 0 Å². The minimum absolute atomic E-state index is 0.153. The molecule has 1 aromatic carbocycles. The van der Waals surface area contributed by atoms with Crippen LogP contribution in [0.5, 0.6) is 0 Å². The van der Waals surface area contributed by atoms with Crippen LogP contribution in [0.4, 0.5) is 18.9 Å². The average molecular weight is 257 g/mol. The number of nitrogens with one attached hydrogen (secondary N) is 1. The SMILES string of the molecule is COC1(C(F)(F)F)Nc2ccccc2C=C1C=O. The highest BCUT2D eigenvalue weighted by Crippen LogP contribution is 2.43. The molecule has 96 valence electrons. The van der Waals surface area contributed by atoms with Gasteiger partial charge in [0.25, 0.3) is 5.72 Å². The van der Waals surface area contributed by atoms with E-state index in [1.165, 1.54) is 12.1 Å². The lowest BCUT2D eigenvalue weighted by molar-refractivity contribution is -0.241. The van der Waals surface area contributed by atoms with Gasteiger partial charge in [0.2, 0.25) is 0 Å². The van der Waals surface area contributed by atoms with Crippen LogP contribution in [0.3, 0.4) is 0 Å². The molecule has 0 spiro atoms. The van der Waals surface area contributed by atoms with E-state index in [4.69, 9.17) is 0 Å². The standard InChI is InChI=1S/C12H10F3NO2/c1-18-11(12(13,14)15)9(7-17)6-8-4-2-3-5-10(8)16-11/h2-7,16H,1H3. The number of carbonyl (C=O) groups excluding carboxylic acids is 1. The van der Waals surface area contributed by atoms with Gasteiger partial charge in [0.15, 0.2) is 6.29 Å². The predicted octanol–water partition coefficient (Wildman–Crippen LogP) is 2.60. The Bertz CT molecular complexity index is 510. The van der Waals surface area contributed by atoms with Crippen LogP contribution in [-0.2, 0) is 9.53 Å². The summed E-state index contributed by atoms with van der Waals surface area (Å²) >= 11 is 0. The van der Waals surface area contributed by atoms with Gasteiger partial charge >= 0.3 is 6.18 Å². The lowest BCUT2D eigenvalue weighted by Gasteiger charge is -2.38. The van der Waals surface area contributed by atoms with Gasteiger partial charge in [-0.25, -0.2) is 0 Å². The molecule has 1 aromatic rings. The number of alkyl halides is 3. The van der Waals surface area contributed by atoms with Crippen molar-refractivity contribution in [3.8, 4) is 0 Å². The Labute approximate surface area is 101 Å². The van der Waals surface area contributed by atoms with Crippen molar-refractivity contribution in [3.63, 3.8) is 0 Å². The monoisotopic (exact) mass is 257 g/mol. The first-order chi connectivity index (χ1) is 8.44. The lowest BCUT2D eigenvalue weighted by Crippen LogP contribution is -2.56. The number of anilines is 1. The molecule has 18 heavy (non-hydrogen) atoms. The van der Waals surface area contributed by atoms with E-state index in [-0.39, 0.29) is 12.0 Å². The third-order valence-electron chi connectivity index (χ3n) is 2.82. The van der Waals surface area contributed by atoms with E-state index in [0.29, 0.717) is 5.56 Å². The number of hydrogen-bond acceptors (Lipinski definition) is 3. The van der Waals surface area contributed by atoms with E-state index >= 15 is 0 Å². The molecule has 0 radical (unpaired) electrons. The first-order valence-corrected chi connectivity index (χ1v) is 5.11. The summed E-state index contributed by atoms with van der Waals surface area (Å²) in [5.41, 5.74) is -2.52. The topological polar surface area (TPSA) is 38.3 Å². The maximum Gasteiger partial charge on any atom is 0.441 e. The number of fused-ring (bicyclic) bond motifs is 1. The number of ether oxygens (including phenoxy) is 1. The van der Waals surface area contributed by atoms with Gasteiger partial charge in [-0.05, 0) is 17.7 Å². The first-order valence-electron chi connectivity index (χ1n) is 5.11. The maximum atomic E-state index is 13.1. The molecule has 1 aliphatic heterocycles. The summed E-state index contributed by atoms with van der Waals surface area (Å²) in [6, 6.07) is 6.38.